The number of rotatable bonds is 6. The fraction of sp³-hybridized carbons (Fsp3) is 0.286. The van der Waals surface area contributed by atoms with Crippen LogP contribution in [0, 0.1) is 0 Å². The van der Waals surface area contributed by atoms with Crippen LogP contribution < -0.4 is 4.74 Å². The lowest BCUT2D eigenvalue weighted by Crippen LogP contribution is -2.48. The first-order chi connectivity index (χ1) is 14.1. The number of carboxylic acids is 1. The van der Waals surface area contributed by atoms with Gasteiger partial charge in [0.05, 0.1) is 17.6 Å². The number of piperazine rings is 1. The van der Waals surface area contributed by atoms with Crippen molar-refractivity contribution in [1.82, 2.24) is 19.8 Å². The lowest BCUT2D eigenvalue weighted by atomic mass is 10.1. The summed E-state index contributed by atoms with van der Waals surface area (Å²) in [4.78, 5) is 35.3. The average Bonchev–Trinajstić information content (AvgIpc) is 3.15. The van der Waals surface area contributed by atoms with Crippen molar-refractivity contribution >= 4 is 22.9 Å². The Balaban J connectivity index is 1.30. The Hall–Kier alpha value is -3.39. The minimum absolute atomic E-state index is 0.0295. The van der Waals surface area contributed by atoms with Gasteiger partial charge in [0.1, 0.15) is 11.6 Å². The van der Waals surface area contributed by atoms with Gasteiger partial charge < -0.3 is 19.7 Å². The number of fused-ring (bicyclic) bond motifs is 1. The molecular weight excluding hydrogens is 372 g/mol. The number of para-hydroxylation sites is 2. The maximum Gasteiger partial charge on any atom is 0.341 e. The second-order valence-corrected chi connectivity index (χ2v) is 6.98. The van der Waals surface area contributed by atoms with Crippen LogP contribution in [-0.2, 0) is 11.3 Å². The van der Waals surface area contributed by atoms with Gasteiger partial charge in [-0.2, -0.15) is 0 Å². The second kappa shape index (κ2) is 8.32. The quantitative estimate of drug-likeness (QED) is 0.663. The first kappa shape index (κ1) is 18.9. The van der Waals surface area contributed by atoms with E-state index in [2.05, 4.69) is 14.9 Å². The number of benzene rings is 2. The fourth-order valence-corrected chi connectivity index (χ4v) is 3.42. The molecule has 0 bridgehead atoms. The number of aromatic amines is 1. The van der Waals surface area contributed by atoms with Crippen molar-refractivity contribution in [3.05, 3.63) is 59.9 Å². The van der Waals surface area contributed by atoms with Crippen molar-refractivity contribution in [2.75, 3.05) is 32.8 Å². The van der Waals surface area contributed by atoms with Gasteiger partial charge in [0.15, 0.2) is 6.61 Å². The number of carboxylic acid groups (broad SMARTS) is 1. The van der Waals surface area contributed by atoms with Crippen LogP contribution in [0.2, 0.25) is 0 Å². The molecule has 0 atom stereocenters. The number of hydrogen-bond acceptors (Lipinski definition) is 5. The van der Waals surface area contributed by atoms with Gasteiger partial charge in [0.2, 0.25) is 0 Å². The standard InChI is InChI=1S/C21H22N4O4/c26-20(27)14-29-16-7-5-15(6-8-16)21(28)25-11-9-24(10-12-25)13-19-22-17-3-1-2-4-18(17)23-19/h1-8H,9-14H2,(H,22,23)(H,26,27). The number of carbonyl (C=O) groups excluding carboxylic acids is 1. The monoisotopic (exact) mass is 394 g/mol. The van der Waals surface area contributed by atoms with E-state index in [0.29, 0.717) is 24.4 Å². The summed E-state index contributed by atoms with van der Waals surface area (Å²) in [5, 5.41) is 8.64. The van der Waals surface area contributed by atoms with Gasteiger partial charge in [-0.3, -0.25) is 9.69 Å². The molecule has 150 valence electrons. The van der Waals surface area contributed by atoms with Gasteiger partial charge in [-0.25, -0.2) is 9.78 Å². The number of H-pyrrole nitrogens is 1. The van der Waals surface area contributed by atoms with E-state index in [4.69, 9.17) is 9.84 Å². The molecule has 1 amide bonds. The zero-order chi connectivity index (χ0) is 20.2. The van der Waals surface area contributed by atoms with Crippen molar-refractivity contribution in [1.29, 1.82) is 0 Å². The Kier molecular flexibility index (Phi) is 5.44. The van der Waals surface area contributed by atoms with Crippen LogP contribution in [-0.4, -0.2) is 69.5 Å². The summed E-state index contributed by atoms with van der Waals surface area (Å²) in [6.07, 6.45) is 0. The minimum atomic E-state index is -1.04. The SMILES string of the molecule is O=C(O)COc1ccc(C(=O)N2CCN(Cc3nc4ccccc4[nH]3)CC2)cc1. The van der Waals surface area contributed by atoms with Crippen molar-refractivity contribution in [3.63, 3.8) is 0 Å². The molecule has 2 N–H and O–H groups in total. The van der Waals surface area contributed by atoms with Crippen molar-refractivity contribution in [2.45, 2.75) is 6.54 Å². The van der Waals surface area contributed by atoms with Gasteiger partial charge in [0.25, 0.3) is 5.91 Å². The van der Waals surface area contributed by atoms with Gasteiger partial charge >= 0.3 is 5.97 Å². The molecule has 1 aliphatic rings. The van der Waals surface area contributed by atoms with Crippen LogP contribution in [0.25, 0.3) is 11.0 Å². The van der Waals surface area contributed by atoms with E-state index in [0.717, 1.165) is 36.5 Å². The molecule has 0 spiro atoms. The average molecular weight is 394 g/mol. The normalized spacial score (nSPS) is 14.8. The predicted octanol–water partition coefficient (Wildman–Crippen LogP) is 1.98. The van der Waals surface area contributed by atoms with Crippen LogP contribution in [0.4, 0.5) is 0 Å². The van der Waals surface area contributed by atoms with E-state index in [1.807, 2.05) is 29.2 Å². The van der Waals surface area contributed by atoms with Crippen molar-refractivity contribution in [2.24, 2.45) is 0 Å². The third kappa shape index (κ3) is 4.55. The molecule has 0 saturated carbocycles. The van der Waals surface area contributed by atoms with Crippen LogP contribution in [0.15, 0.2) is 48.5 Å². The molecule has 0 aliphatic carbocycles. The highest BCUT2D eigenvalue weighted by Gasteiger charge is 2.22. The summed E-state index contributed by atoms with van der Waals surface area (Å²) in [5.41, 5.74) is 2.57. The molecule has 2 heterocycles. The Labute approximate surface area is 167 Å². The Morgan fingerprint density at radius 1 is 1.03 bits per heavy atom. The van der Waals surface area contributed by atoms with Gasteiger partial charge in [-0.05, 0) is 36.4 Å². The molecule has 1 fully saturated rings. The zero-order valence-electron chi connectivity index (χ0n) is 15.9. The highest BCUT2D eigenvalue weighted by molar-refractivity contribution is 5.94. The molecule has 8 heteroatoms. The lowest BCUT2D eigenvalue weighted by molar-refractivity contribution is -0.139. The molecule has 0 radical (unpaired) electrons. The van der Waals surface area contributed by atoms with Gasteiger partial charge in [-0.15, -0.1) is 0 Å². The van der Waals surface area contributed by atoms with E-state index in [9.17, 15) is 9.59 Å². The van der Waals surface area contributed by atoms with Crippen LogP contribution in [0.1, 0.15) is 16.2 Å². The summed E-state index contributed by atoms with van der Waals surface area (Å²) in [5.74, 6) is 0.298. The van der Waals surface area contributed by atoms with Crippen LogP contribution in [0.3, 0.4) is 0 Å². The van der Waals surface area contributed by atoms with Gasteiger partial charge in [0, 0.05) is 31.7 Å². The Bertz CT molecular complexity index is 974. The second-order valence-electron chi connectivity index (χ2n) is 6.98. The number of carbonyl (C=O) groups is 2. The molecule has 8 nitrogen and oxygen atoms in total. The van der Waals surface area contributed by atoms with E-state index in [-0.39, 0.29) is 5.91 Å². The molecule has 1 aromatic heterocycles. The van der Waals surface area contributed by atoms with Gasteiger partial charge in [-0.1, -0.05) is 12.1 Å². The van der Waals surface area contributed by atoms with Crippen molar-refractivity contribution in [3.8, 4) is 5.75 Å². The largest absolute Gasteiger partial charge is 0.482 e. The maximum absolute atomic E-state index is 12.7. The highest BCUT2D eigenvalue weighted by Crippen LogP contribution is 2.16. The van der Waals surface area contributed by atoms with Crippen LogP contribution >= 0.6 is 0 Å². The number of hydrogen-bond donors (Lipinski definition) is 2. The topological polar surface area (TPSA) is 98.8 Å². The molecule has 1 saturated heterocycles. The van der Waals surface area contributed by atoms with E-state index in [1.54, 1.807) is 24.3 Å². The van der Waals surface area contributed by atoms with E-state index in [1.165, 1.54) is 0 Å². The number of aliphatic carboxylic acids is 1. The summed E-state index contributed by atoms with van der Waals surface area (Å²) < 4.78 is 5.10. The minimum Gasteiger partial charge on any atom is -0.482 e. The number of ether oxygens (including phenoxy) is 1. The summed E-state index contributed by atoms with van der Waals surface area (Å²) in [6, 6.07) is 14.5. The third-order valence-electron chi connectivity index (χ3n) is 4.93. The predicted molar refractivity (Wildman–Crippen MR) is 107 cm³/mol. The molecule has 0 unspecified atom stereocenters. The zero-order valence-corrected chi connectivity index (χ0v) is 15.9. The number of imidazole rings is 1. The smallest absolute Gasteiger partial charge is 0.341 e. The Morgan fingerprint density at radius 3 is 2.45 bits per heavy atom. The fourth-order valence-electron chi connectivity index (χ4n) is 3.42. The number of aromatic nitrogens is 2. The Morgan fingerprint density at radius 2 is 1.76 bits per heavy atom. The molecule has 2 aromatic carbocycles. The molecule has 1 aliphatic heterocycles. The van der Waals surface area contributed by atoms with E-state index < -0.39 is 12.6 Å². The van der Waals surface area contributed by atoms with Crippen molar-refractivity contribution < 1.29 is 19.4 Å². The molecular formula is C21H22N4O4. The lowest BCUT2D eigenvalue weighted by Gasteiger charge is -2.34. The summed E-state index contributed by atoms with van der Waals surface area (Å²) >= 11 is 0. The summed E-state index contributed by atoms with van der Waals surface area (Å²) in [6.45, 7) is 3.19. The summed E-state index contributed by atoms with van der Waals surface area (Å²) in [7, 11) is 0. The highest BCUT2D eigenvalue weighted by atomic mass is 16.5. The molecule has 3 aromatic rings. The maximum atomic E-state index is 12.7. The first-order valence-corrected chi connectivity index (χ1v) is 9.48. The van der Waals surface area contributed by atoms with Crippen LogP contribution in [0.5, 0.6) is 5.75 Å². The number of amides is 1. The number of nitrogens with one attached hydrogen (secondary N) is 1. The molecule has 4 rings (SSSR count). The number of nitrogens with zero attached hydrogens (tertiary/aromatic N) is 3. The van der Waals surface area contributed by atoms with E-state index >= 15 is 0 Å². The molecule has 29 heavy (non-hydrogen) atoms. The first-order valence-electron chi connectivity index (χ1n) is 9.48. The third-order valence-corrected chi connectivity index (χ3v) is 4.93.